The summed E-state index contributed by atoms with van der Waals surface area (Å²) in [7, 11) is 0. The maximum absolute atomic E-state index is 11.6. The minimum atomic E-state index is -1.20. The molecule has 0 aliphatic carbocycles. The number of aliphatic carboxylic acids is 1. The number of nitrogens with one attached hydrogen (secondary N) is 2. The summed E-state index contributed by atoms with van der Waals surface area (Å²) < 4.78 is 0. The fraction of sp³-hybridized carbons (Fsp3) is 0.250. The zero-order valence-electron chi connectivity index (χ0n) is 9.84. The number of carbonyl (C=O) groups is 3. The molecule has 0 saturated heterocycles. The monoisotopic (exact) mass is 250 g/mol. The molecule has 0 spiro atoms. The largest absolute Gasteiger partial charge is 0.480 e. The van der Waals surface area contributed by atoms with Gasteiger partial charge in [0.15, 0.2) is 0 Å². The summed E-state index contributed by atoms with van der Waals surface area (Å²) in [6, 6.07) is 7.21. The van der Waals surface area contributed by atoms with Crippen LogP contribution in [-0.2, 0) is 9.59 Å². The summed E-state index contributed by atoms with van der Waals surface area (Å²) in [5.74, 6) is -1.92. The Morgan fingerprint density at radius 1 is 1.22 bits per heavy atom. The number of benzene rings is 1. The quantitative estimate of drug-likeness (QED) is 0.633. The van der Waals surface area contributed by atoms with Gasteiger partial charge >= 0.3 is 5.97 Å². The molecule has 1 atom stereocenters. The molecular weight excluding hydrogens is 236 g/mol. The summed E-state index contributed by atoms with van der Waals surface area (Å²) in [6.45, 7) is 1.29. The van der Waals surface area contributed by atoms with Gasteiger partial charge in [0.25, 0.3) is 5.91 Å². The number of hydrogen-bond donors (Lipinski definition) is 3. The van der Waals surface area contributed by atoms with Gasteiger partial charge in [-0.25, -0.2) is 5.43 Å². The van der Waals surface area contributed by atoms with Gasteiger partial charge in [0.2, 0.25) is 0 Å². The van der Waals surface area contributed by atoms with Crippen LogP contribution < -0.4 is 10.9 Å². The molecule has 1 aromatic rings. The Morgan fingerprint density at radius 2 is 1.83 bits per heavy atom. The number of ketones is 1. The van der Waals surface area contributed by atoms with Crippen molar-refractivity contribution in [2.45, 2.75) is 19.4 Å². The zero-order valence-corrected chi connectivity index (χ0v) is 9.84. The van der Waals surface area contributed by atoms with Crippen LogP contribution in [0.1, 0.15) is 23.7 Å². The Morgan fingerprint density at radius 3 is 2.33 bits per heavy atom. The van der Waals surface area contributed by atoms with E-state index in [0.717, 1.165) is 0 Å². The van der Waals surface area contributed by atoms with Gasteiger partial charge < -0.3 is 5.11 Å². The van der Waals surface area contributed by atoms with Crippen molar-refractivity contribution in [1.82, 2.24) is 10.9 Å². The molecule has 0 bridgehead atoms. The van der Waals surface area contributed by atoms with Gasteiger partial charge in [-0.1, -0.05) is 18.2 Å². The van der Waals surface area contributed by atoms with Crippen molar-refractivity contribution in [2.24, 2.45) is 0 Å². The van der Waals surface area contributed by atoms with E-state index < -0.39 is 17.9 Å². The first-order valence-electron chi connectivity index (χ1n) is 5.34. The molecule has 3 N–H and O–H groups in total. The average Bonchev–Trinajstić information content (AvgIpc) is 2.34. The van der Waals surface area contributed by atoms with Crippen molar-refractivity contribution in [3.63, 3.8) is 0 Å². The van der Waals surface area contributed by atoms with Crippen LogP contribution >= 0.6 is 0 Å². The van der Waals surface area contributed by atoms with E-state index in [1.807, 2.05) is 0 Å². The topological polar surface area (TPSA) is 95.5 Å². The van der Waals surface area contributed by atoms with Gasteiger partial charge in [0.05, 0.1) is 0 Å². The Bertz CT molecular complexity index is 445. The molecule has 0 aromatic heterocycles. The highest BCUT2D eigenvalue weighted by molar-refractivity contribution is 5.94. The fourth-order valence-electron chi connectivity index (χ4n) is 1.30. The normalized spacial score (nSPS) is 11.6. The summed E-state index contributed by atoms with van der Waals surface area (Å²) in [6.07, 6.45) is -0.190. The molecule has 18 heavy (non-hydrogen) atoms. The van der Waals surface area contributed by atoms with Gasteiger partial charge in [0.1, 0.15) is 11.8 Å². The molecule has 0 unspecified atom stereocenters. The van der Waals surface area contributed by atoms with Crippen LogP contribution in [0.25, 0.3) is 0 Å². The number of carboxylic acid groups (broad SMARTS) is 1. The summed E-state index contributed by atoms with van der Waals surface area (Å²) >= 11 is 0. The summed E-state index contributed by atoms with van der Waals surface area (Å²) in [5, 5.41) is 8.84. The number of Topliss-reactive ketones (excluding diaryl/α,β-unsaturated/α-hetero) is 1. The maximum Gasteiger partial charge on any atom is 0.322 e. The molecular formula is C12H14N2O4. The van der Waals surface area contributed by atoms with Gasteiger partial charge in [0, 0.05) is 12.0 Å². The highest BCUT2D eigenvalue weighted by atomic mass is 16.4. The standard InChI is InChI=1S/C12H14N2O4/c1-8(15)7-10(12(17)18)13-14-11(16)9-5-3-2-4-6-9/h2-6,10,13H,7H2,1H3,(H,14,16)(H,17,18)/t10-/m1/s1/i15+0. The molecule has 0 aliphatic heterocycles. The maximum atomic E-state index is 11.6. The molecule has 96 valence electrons. The van der Waals surface area contributed by atoms with E-state index in [9.17, 15) is 14.4 Å². The predicted octanol–water partition coefficient (Wildman–Crippen LogP) is 0.353. The van der Waals surface area contributed by atoms with Crippen LogP contribution in [0, 0.1) is 0 Å². The smallest absolute Gasteiger partial charge is 0.322 e. The molecule has 0 aliphatic rings. The van der Waals surface area contributed by atoms with Crippen LogP contribution in [0.5, 0.6) is 0 Å². The molecule has 6 heteroatoms. The van der Waals surface area contributed by atoms with E-state index in [1.54, 1.807) is 30.3 Å². The number of amides is 1. The van der Waals surface area contributed by atoms with E-state index in [4.69, 9.17) is 5.11 Å². The lowest BCUT2D eigenvalue weighted by Gasteiger charge is -2.13. The lowest BCUT2D eigenvalue weighted by atomic mass is 10.1. The third-order valence-electron chi connectivity index (χ3n) is 2.19. The van der Waals surface area contributed by atoms with Crippen molar-refractivity contribution in [3.8, 4) is 0 Å². The Balaban J connectivity index is 2.55. The summed E-state index contributed by atoms with van der Waals surface area (Å²) in [4.78, 5) is 33.3. The third kappa shape index (κ3) is 4.34. The number of rotatable bonds is 6. The molecule has 1 rings (SSSR count). The first kappa shape index (κ1) is 13.9. The highest BCUT2D eigenvalue weighted by Crippen LogP contribution is 1.98. The number of carbonyl (C=O) groups excluding carboxylic acids is 2. The number of hydrogen-bond acceptors (Lipinski definition) is 4. The Labute approximate surface area is 104 Å². The second-order valence-electron chi connectivity index (χ2n) is 3.76. The second-order valence-corrected chi connectivity index (χ2v) is 3.76. The average molecular weight is 250 g/mol. The van der Waals surface area contributed by atoms with Crippen LogP contribution in [0.15, 0.2) is 30.3 Å². The van der Waals surface area contributed by atoms with Crippen molar-refractivity contribution in [1.29, 1.82) is 0 Å². The van der Waals surface area contributed by atoms with E-state index in [-0.39, 0.29) is 12.2 Å². The highest BCUT2D eigenvalue weighted by Gasteiger charge is 2.19. The molecule has 6 nitrogen and oxygen atoms in total. The first-order chi connectivity index (χ1) is 8.50. The van der Waals surface area contributed by atoms with Crippen LogP contribution in [0.2, 0.25) is 0 Å². The third-order valence-corrected chi connectivity index (χ3v) is 2.19. The molecule has 0 radical (unpaired) electrons. The fourth-order valence-corrected chi connectivity index (χ4v) is 1.30. The van der Waals surface area contributed by atoms with Gasteiger partial charge in [-0.05, 0) is 19.1 Å². The van der Waals surface area contributed by atoms with Crippen LogP contribution in [0.3, 0.4) is 0 Å². The van der Waals surface area contributed by atoms with Crippen LogP contribution in [-0.4, -0.2) is 28.8 Å². The Hall–Kier alpha value is -2.21. The van der Waals surface area contributed by atoms with Crippen molar-refractivity contribution < 1.29 is 19.5 Å². The van der Waals surface area contributed by atoms with Gasteiger partial charge in [-0.15, -0.1) is 0 Å². The van der Waals surface area contributed by atoms with Crippen molar-refractivity contribution in [3.05, 3.63) is 35.9 Å². The number of carboxylic acids is 1. The molecule has 0 heterocycles. The van der Waals surface area contributed by atoms with Gasteiger partial charge in [-0.3, -0.25) is 19.8 Å². The van der Waals surface area contributed by atoms with E-state index in [1.165, 1.54) is 6.92 Å². The minimum absolute atomic E-state index is 0.190. The molecule has 0 fully saturated rings. The van der Waals surface area contributed by atoms with E-state index in [2.05, 4.69) is 10.9 Å². The summed E-state index contributed by atoms with van der Waals surface area (Å²) in [5.41, 5.74) is 4.99. The predicted molar refractivity (Wildman–Crippen MR) is 63.8 cm³/mol. The van der Waals surface area contributed by atoms with Crippen molar-refractivity contribution >= 4 is 17.7 Å². The minimum Gasteiger partial charge on any atom is -0.480 e. The second kappa shape index (κ2) is 6.51. The zero-order chi connectivity index (χ0) is 13.5. The molecule has 1 aromatic carbocycles. The van der Waals surface area contributed by atoms with Crippen LogP contribution in [0.4, 0.5) is 0 Å². The molecule has 0 saturated carbocycles. The van der Waals surface area contributed by atoms with E-state index in [0.29, 0.717) is 5.56 Å². The van der Waals surface area contributed by atoms with E-state index >= 15 is 0 Å². The van der Waals surface area contributed by atoms with Crippen molar-refractivity contribution in [2.75, 3.05) is 0 Å². The first-order valence-corrected chi connectivity index (χ1v) is 5.34. The Kier molecular flexibility index (Phi) is 5.01. The number of hydrazine groups is 1. The lowest BCUT2D eigenvalue weighted by molar-refractivity contribution is -0.141. The lowest BCUT2D eigenvalue weighted by Crippen LogP contribution is -2.48. The molecule has 1 amide bonds. The van der Waals surface area contributed by atoms with Gasteiger partial charge in [-0.2, -0.15) is 0 Å². The SMILES string of the molecule is CC(=[16O])C[C@@H](NNC(=O)c1ccccc1)C(=O)O.